The predicted octanol–water partition coefficient (Wildman–Crippen LogP) is 11.5. The third-order valence-electron chi connectivity index (χ3n) is 9.60. The van der Waals surface area contributed by atoms with Crippen LogP contribution in [0.4, 0.5) is 5.69 Å². The van der Waals surface area contributed by atoms with E-state index in [1.165, 1.54) is 0 Å². The molecule has 0 fully saturated rings. The number of nitriles is 2. The molecule has 50 heavy (non-hydrogen) atoms. The molecule has 9 rings (SSSR count). The van der Waals surface area contributed by atoms with E-state index in [0.29, 0.717) is 16.8 Å². The summed E-state index contributed by atoms with van der Waals surface area (Å²) in [6, 6.07) is 55.5. The summed E-state index contributed by atoms with van der Waals surface area (Å²) in [5.41, 5.74) is 11.4. The van der Waals surface area contributed by atoms with E-state index < -0.39 is 0 Å². The molecule has 0 N–H and O–H groups in total. The highest BCUT2D eigenvalue weighted by molar-refractivity contribution is 6.11. The van der Waals surface area contributed by atoms with Crippen LogP contribution in [0, 0.1) is 29.2 Å². The van der Waals surface area contributed by atoms with Crippen molar-refractivity contribution in [2.24, 2.45) is 0 Å². The van der Waals surface area contributed by atoms with E-state index in [1.54, 1.807) is 0 Å². The Kier molecular flexibility index (Phi) is 6.56. The number of fused-ring (bicyclic) bond motifs is 6. The Morgan fingerprint density at radius 2 is 1.08 bits per heavy atom. The lowest BCUT2D eigenvalue weighted by molar-refractivity contribution is 1.18. The SMILES string of the molecule is [C-]#[N+]c1ccc(-c2cccc(-c3ccc(-n4c5ccccc5c5cc(C#N)ccc54)cc3C#N)c2)c(-n2c3ccccc3c3ccccc32)c1. The minimum atomic E-state index is 0.560. The van der Waals surface area contributed by atoms with E-state index >= 15 is 0 Å². The molecule has 5 heteroatoms. The van der Waals surface area contributed by atoms with Crippen molar-refractivity contribution in [3.05, 3.63) is 174 Å². The smallest absolute Gasteiger partial charge is 0.189 e. The number of para-hydroxylation sites is 3. The second-order valence-electron chi connectivity index (χ2n) is 12.3. The van der Waals surface area contributed by atoms with Gasteiger partial charge in [0, 0.05) is 38.5 Å². The summed E-state index contributed by atoms with van der Waals surface area (Å²) in [5, 5.41) is 24.4. The molecule has 0 radical (unpaired) electrons. The van der Waals surface area contributed by atoms with Crippen LogP contribution in [0.25, 0.3) is 82.1 Å². The Hall–Kier alpha value is -7.39. The van der Waals surface area contributed by atoms with Gasteiger partial charge in [-0.05, 0) is 77.4 Å². The molecule has 0 spiro atoms. The van der Waals surface area contributed by atoms with E-state index in [9.17, 15) is 10.5 Å². The van der Waals surface area contributed by atoms with Gasteiger partial charge < -0.3 is 9.13 Å². The molecule has 2 aromatic heterocycles. The van der Waals surface area contributed by atoms with Gasteiger partial charge in [0.25, 0.3) is 0 Å². The Balaban J connectivity index is 1.20. The monoisotopic (exact) mass is 635 g/mol. The lowest BCUT2D eigenvalue weighted by Crippen LogP contribution is -1.98. The molecule has 0 aliphatic heterocycles. The van der Waals surface area contributed by atoms with Gasteiger partial charge in [0.05, 0.1) is 51.9 Å². The van der Waals surface area contributed by atoms with Crippen LogP contribution in [0.3, 0.4) is 0 Å². The highest BCUT2D eigenvalue weighted by Crippen LogP contribution is 2.40. The second kappa shape index (κ2) is 11.4. The molecule has 230 valence electrons. The Morgan fingerprint density at radius 3 is 1.74 bits per heavy atom. The van der Waals surface area contributed by atoms with Crippen LogP contribution >= 0.6 is 0 Å². The van der Waals surface area contributed by atoms with Crippen molar-refractivity contribution in [3.8, 4) is 45.8 Å². The standard InChI is InChI=1S/C45H25N5/c1-48-33-18-20-36(45(26-33)50-42-15-6-2-11-37(42)38-12-3-7-16-43(38)50)31-10-8-9-30(24-31)35-21-19-34(25-32(35)28-47)49-41-14-5-4-13-39(41)40-23-29(27-46)17-22-44(40)49/h2-26H. The Morgan fingerprint density at radius 1 is 0.480 bits per heavy atom. The molecule has 7 aromatic carbocycles. The van der Waals surface area contributed by atoms with E-state index in [2.05, 4.69) is 92.8 Å². The van der Waals surface area contributed by atoms with Crippen molar-refractivity contribution >= 4 is 49.3 Å². The minimum Gasteiger partial charge on any atom is -0.310 e. The van der Waals surface area contributed by atoms with Gasteiger partial charge >= 0.3 is 0 Å². The number of nitrogens with zero attached hydrogens (tertiary/aromatic N) is 5. The van der Waals surface area contributed by atoms with Gasteiger partial charge in [0.2, 0.25) is 0 Å². The van der Waals surface area contributed by atoms with Crippen LogP contribution in [-0.2, 0) is 0 Å². The first-order valence-corrected chi connectivity index (χ1v) is 16.3. The van der Waals surface area contributed by atoms with Gasteiger partial charge in [0.15, 0.2) is 5.69 Å². The van der Waals surface area contributed by atoms with Crippen LogP contribution in [0.1, 0.15) is 11.1 Å². The summed E-state index contributed by atoms with van der Waals surface area (Å²) in [6.45, 7) is 7.81. The highest BCUT2D eigenvalue weighted by Gasteiger charge is 2.18. The van der Waals surface area contributed by atoms with Crippen molar-refractivity contribution in [2.75, 3.05) is 0 Å². The van der Waals surface area contributed by atoms with Crippen molar-refractivity contribution in [1.29, 1.82) is 10.5 Å². The summed E-state index contributed by atoms with van der Waals surface area (Å²) >= 11 is 0. The number of aromatic nitrogens is 2. The van der Waals surface area contributed by atoms with Gasteiger partial charge in [-0.3, -0.25) is 0 Å². The molecule has 0 atom stereocenters. The van der Waals surface area contributed by atoms with Crippen LogP contribution in [0.2, 0.25) is 0 Å². The molecule has 0 aliphatic rings. The first-order valence-electron chi connectivity index (χ1n) is 16.3. The fraction of sp³-hybridized carbons (Fsp3) is 0. The fourth-order valence-corrected chi connectivity index (χ4v) is 7.39. The van der Waals surface area contributed by atoms with Crippen molar-refractivity contribution in [3.63, 3.8) is 0 Å². The largest absolute Gasteiger partial charge is 0.310 e. The maximum absolute atomic E-state index is 10.5. The third kappa shape index (κ3) is 4.38. The number of benzene rings is 7. The Labute approximate surface area is 288 Å². The molecule has 2 heterocycles. The van der Waals surface area contributed by atoms with E-state index in [4.69, 9.17) is 6.57 Å². The zero-order valence-corrected chi connectivity index (χ0v) is 26.7. The number of rotatable bonds is 4. The molecule has 0 aliphatic carbocycles. The van der Waals surface area contributed by atoms with Crippen LogP contribution in [-0.4, -0.2) is 9.13 Å². The first-order chi connectivity index (χ1) is 24.7. The van der Waals surface area contributed by atoms with Crippen LogP contribution in [0.5, 0.6) is 0 Å². The average Bonchev–Trinajstić information content (AvgIpc) is 3.70. The zero-order valence-electron chi connectivity index (χ0n) is 26.7. The summed E-state index contributed by atoms with van der Waals surface area (Å²) < 4.78 is 4.41. The van der Waals surface area contributed by atoms with Gasteiger partial charge in [-0.2, -0.15) is 10.5 Å². The summed E-state index contributed by atoms with van der Waals surface area (Å²) in [5.74, 6) is 0. The van der Waals surface area contributed by atoms with Gasteiger partial charge in [-0.1, -0.05) is 91.0 Å². The normalized spacial score (nSPS) is 11.1. The van der Waals surface area contributed by atoms with Crippen molar-refractivity contribution < 1.29 is 0 Å². The van der Waals surface area contributed by atoms with Gasteiger partial charge in [-0.15, -0.1) is 0 Å². The number of hydrogen-bond acceptors (Lipinski definition) is 2. The second-order valence-corrected chi connectivity index (χ2v) is 12.3. The molecular formula is C45H25N5. The topological polar surface area (TPSA) is 61.8 Å². The summed E-state index contributed by atoms with van der Waals surface area (Å²) in [4.78, 5) is 3.78. The lowest BCUT2D eigenvalue weighted by atomic mass is 9.95. The minimum absolute atomic E-state index is 0.560. The molecule has 0 saturated heterocycles. The van der Waals surface area contributed by atoms with Crippen molar-refractivity contribution in [2.45, 2.75) is 0 Å². The molecule has 0 amide bonds. The lowest BCUT2D eigenvalue weighted by Gasteiger charge is -2.16. The van der Waals surface area contributed by atoms with Crippen molar-refractivity contribution in [1.82, 2.24) is 9.13 Å². The quantitative estimate of drug-likeness (QED) is 0.181. The maximum Gasteiger partial charge on any atom is 0.189 e. The zero-order chi connectivity index (χ0) is 33.8. The van der Waals surface area contributed by atoms with E-state index in [0.717, 1.165) is 77.2 Å². The van der Waals surface area contributed by atoms with Gasteiger partial charge in [-0.25, -0.2) is 4.85 Å². The molecule has 9 aromatic rings. The third-order valence-corrected chi connectivity index (χ3v) is 9.60. The summed E-state index contributed by atoms with van der Waals surface area (Å²) in [6.07, 6.45) is 0. The fourth-order valence-electron chi connectivity index (χ4n) is 7.39. The van der Waals surface area contributed by atoms with Crippen LogP contribution in [0.15, 0.2) is 152 Å². The Bertz CT molecular complexity index is 2920. The molecule has 0 bridgehead atoms. The van der Waals surface area contributed by atoms with E-state index in [-0.39, 0.29) is 0 Å². The molecule has 0 saturated carbocycles. The average molecular weight is 636 g/mol. The number of hydrogen-bond donors (Lipinski definition) is 0. The molecule has 5 nitrogen and oxygen atoms in total. The predicted molar refractivity (Wildman–Crippen MR) is 202 cm³/mol. The van der Waals surface area contributed by atoms with Crippen LogP contribution < -0.4 is 0 Å². The highest BCUT2D eigenvalue weighted by atomic mass is 15.0. The summed E-state index contributed by atoms with van der Waals surface area (Å²) in [7, 11) is 0. The van der Waals surface area contributed by atoms with Gasteiger partial charge in [0.1, 0.15) is 0 Å². The molecular weight excluding hydrogens is 611 g/mol. The van der Waals surface area contributed by atoms with E-state index in [1.807, 2.05) is 84.9 Å². The first kappa shape index (κ1) is 28.8. The molecule has 0 unspecified atom stereocenters. The maximum atomic E-state index is 10.5.